The van der Waals surface area contributed by atoms with Crippen LogP contribution in [0.3, 0.4) is 0 Å². The number of carbonyl (C=O) groups is 1. The first-order valence-electron chi connectivity index (χ1n) is 8.23. The van der Waals surface area contributed by atoms with Gasteiger partial charge in [-0.1, -0.05) is 13.8 Å². The number of fused-ring (bicyclic) bond motifs is 1. The second kappa shape index (κ2) is 6.29. The lowest BCUT2D eigenvalue weighted by molar-refractivity contribution is -0.267. The first-order chi connectivity index (χ1) is 12.0. The predicted molar refractivity (Wildman–Crippen MR) is 84.9 cm³/mol. The fraction of sp³-hybridized carbons (Fsp3) is 0.688. The van der Waals surface area contributed by atoms with Gasteiger partial charge in [-0.2, -0.15) is 0 Å². The van der Waals surface area contributed by atoms with Crippen molar-refractivity contribution < 1.29 is 28.1 Å². The summed E-state index contributed by atoms with van der Waals surface area (Å²) in [4.78, 5) is 37.1. The summed E-state index contributed by atoms with van der Waals surface area (Å²) in [6.07, 6.45) is -2.21. The Hall–Kier alpha value is -2.04. The number of nitrogens with one attached hydrogen (secondary N) is 1. The lowest BCUT2D eigenvalue weighted by Crippen LogP contribution is -2.44. The number of nitrogens with zero attached hydrogens (tertiary/aromatic N) is 1. The van der Waals surface area contributed by atoms with Crippen LogP contribution in [0.15, 0.2) is 21.9 Å². The standard InChI is InChI=1S/C16H21FN2O7/c1-8(2)13(21)23-7-16(17)11-10(24-15(3,4)25-11)12(26-16)19-6-5-9(20)18-14(19)22/h5-6,8,10-12H,7H2,1-4H3,(H,18,20,22)/t10?,11-,12?,16+/m0/s1. The number of H-pyrrole nitrogens is 1. The Bertz CT molecular complexity index is 817. The minimum atomic E-state index is -2.51. The summed E-state index contributed by atoms with van der Waals surface area (Å²) in [6, 6.07) is 1.11. The van der Waals surface area contributed by atoms with Gasteiger partial charge in [0.1, 0.15) is 6.10 Å². The number of hydrogen-bond acceptors (Lipinski definition) is 7. The van der Waals surface area contributed by atoms with E-state index in [1.54, 1.807) is 27.7 Å². The number of alkyl halides is 1. The zero-order valence-corrected chi connectivity index (χ0v) is 14.9. The van der Waals surface area contributed by atoms with E-state index in [-0.39, 0.29) is 0 Å². The molecule has 9 nitrogen and oxygen atoms in total. The Labute approximate surface area is 148 Å². The van der Waals surface area contributed by atoms with Crippen LogP contribution < -0.4 is 11.2 Å². The molecule has 1 aromatic rings. The van der Waals surface area contributed by atoms with E-state index >= 15 is 4.39 Å². The normalized spacial score (nSPS) is 32.6. The highest BCUT2D eigenvalue weighted by Crippen LogP contribution is 2.48. The van der Waals surface area contributed by atoms with Gasteiger partial charge < -0.3 is 18.9 Å². The van der Waals surface area contributed by atoms with Gasteiger partial charge in [0.2, 0.25) is 0 Å². The van der Waals surface area contributed by atoms with Crippen LogP contribution in [-0.2, 0) is 23.7 Å². The summed E-state index contributed by atoms with van der Waals surface area (Å²) >= 11 is 0. The molecule has 0 saturated carbocycles. The van der Waals surface area contributed by atoms with Crippen molar-refractivity contribution in [2.24, 2.45) is 5.92 Å². The van der Waals surface area contributed by atoms with Gasteiger partial charge in [0, 0.05) is 12.3 Å². The highest BCUT2D eigenvalue weighted by Gasteiger charge is 2.65. The minimum absolute atomic E-state index is 0.439. The van der Waals surface area contributed by atoms with Crippen molar-refractivity contribution in [1.29, 1.82) is 0 Å². The van der Waals surface area contributed by atoms with E-state index in [1.807, 2.05) is 0 Å². The molecule has 26 heavy (non-hydrogen) atoms. The number of esters is 1. The van der Waals surface area contributed by atoms with Crippen LogP contribution in [-0.4, -0.2) is 46.0 Å². The van der Waals surface area contributed by atoms with Crippen molar-refractivity contribution in [2.75, 3.05) is 6.61 Å². The number of carbonyl (C=O) groups excluding carboxylic acids is 1. The second-order valence-electron chi connectivity index (χ2n) is 7.10. The molecule has 0 bridgehead atoms. The molecule has 2 fully saturated rings. The van der Waals surface area contributed by atoms with E-state index in [0.717, 1.165) is 10.6 Å². The fourth-order valence-corrected chi connectivity index (χ4v) is 2.96. The molecule has 1 aromatic heterocycles. The molecular weight excluding hydrogens is 351 g/mol. The molecule has 144 valence electrons. The maximum Gasteiger partial charge on any atom is 0.330 e. The number of hydrogen-bond donors (Lipinski definition) is 1. The van der Waals surface area contributed by atoms with Crippen LogP contribution in [0.2, 0.25) is 0 Å². The van der Waals surface area contributed by atoms with Gasteiger partial charge >= 0.3 is 11.7 Å². The molecule has 1 N–H and O–H groups in total. The van der Waals surface area contributed by atoms with Crippen LogP contribution in [0.4, 0.5) is 4.39 Å². The lowest BCUT2D eigenvalue weighted by Gasteiger charge is -2.28. The molecule has 0 spiro atoms. The van der Waals surface area contributed by atoms with Crippen molar-refractivity contribution in [3.63, 3.8) is 0 Å². The summed E-state index contributed by atoms with van der Waals surface area (Å²) in [5.41, 5.74) is -1.37. The van der Waals surface area contributed by atoms with Gasteiger partial charge in [-0.05, 0) is 13.8 Å². The molecule has 0 amide bonds. The molecule has 2 saturated heterocycles. The Balaban J connectivity index is 1.92. The number of ether oxygens (including phenoxy) is 4. The van der Waals surface area contributed by atoms with Crippen molar-refractivity contribution in [3.8, 4) is 0 Å². The summed E-state index contributed by atoms with van der Waals surface area (Å²) in [7, 11) is 0. The van der Waals surface area contributed by atoms with Gasteiger partial charge in [-0.3, -0.25) is 19.1 Å². The van der Waals surface area contributed by atoms with Gasteiger partial charge in [0.25, 0.3) is 11.4 Å². The first kappa shape index (κ1) is 18.7. The van der Waals surface area contributed by atoms with Gasteiger partial charge in [0.05, 0.1) is 5.92 Å². The van der Waals surface area contributed by atoms with Crippen LogP contribution in [0.5, 0.6) is 0 Å². The highest BCUT2D eigenvalue weighted by atomic mass is 19.2. The molecule has 10 heteroatoms. The summed E-state index contributed by atoms with van der Waals surface area (Å²) < 4.78 is 38.2. The largest absolute Gasteiger partial charge is 0.459 e. The van der Waals surface area contributed by atoms with E-state index in [0.29, 0.717) is 0 Å². The zero-order valence-electron chi connectivity index (χ0n) is 14.9. The molecule has 3 heterocycles. The zero-order chi connectivity index (χ0) is 19.3. The minimum Gasteiger partial charge on any atom is -0.459 e. The van der Waals surface area contributed by atoms with Crippen LogP contribution in [0.25, 0.3) is 0 Å². The Morgan fingerprint density at radius 2 is 2.04 bits per heavy atom. The molecular formula is C16H21FN2O7. The van der Waals surface area contributed by atoms with Crippen molar-refractivity contribution in [3.05, 3.63) is 33.1 Å². The Morgan fingerprint density at radius 1 is 1.35 bits per heavy atom. The SMILES string of the molecule is CC(C)C(=O)OC[C@@]1(F)OC(n2ccc(=O)[nH]c2=O)C2OC(C)(C)O[C@@H]21. The predicted octanol–water partition coefficient (Wildman–Crippen LogP) is 0.451. The molecule has 2 aliphatic heterocycles. The third-order valence-corrected chi connectivity index (χ3v) is 4.16. The Morgan fingerprint density at radius 3 is 2.65 bits per heavy atom. The Kier molecular flexibility index (Phi) is 4.53. The maximum absolute atomic E-state index is 15.5. The number of aromatic nitrogens is 2. The summed E-state index contributed by atoms with van der Waals surface area (Å²) in [6.45, 7) is 5.72. The third kappa shape index (κ3) is 3.31. The molecule has 0 aromatic carbocycles. The fourth-order valence-electron chi connectivity index (χ4n) is 2.96. The number of halogens is 1. The highest BCUT2D eigenvalue weighted by molar-refractivity contribution is 5.71. The number of rotatable bonds is 4. The average molecular weight is 372 g/mol. The van der Waals surface area contributed by atoms with Crippen LogP contribution >= 0.6 is 0 Å². The number of aromatic amines is 1. The van der Waals surface area contributed by atoms with Gasteiger partial charge in [0.15, 0.2) is 24.7 Å². The molecule has 0 aliphatic carbocycles. The molecule has 4 atom stereocenters. The van der Waals surface area contributed by atoms with Crippen molar-refractivity contribution in [2.45, 2.75) is 57.8 Å². The van der Waals surface area contributed by atoms with E-state index in [2.05, 4.69) is 4.98 Å². The second-order valence-corrected chi connectivity index (χ2v) is 7.10. The lowest BCUT2D eigenvalue weighted by atomic mass is 10.1. The summed E-state index contributed by atoms with van der Waals surface area (Å²) in [5.74, 6) is -4.66. The molecule has 2 aliphatic rings. The quantitative estimate of drug-likeness (QED) is 0.765. The molecule has 3 rings (SSSR count). The van der Waals surface area contributed by atoms with E-state index in [1.165, 1.54) is 6.20 Å². The van der Waals surface area contributed by atoms with Crippen molar-refractivity contribution >= 4 is 5.97 Å². The topological polar surface area (TPSA) is 109 Å². The van der Waals surface area contributed by atoms with E-state index in [9.17, 15) is 14.4 Å². The van der Waals surface area contributed by atoms with Crippen molar-refractivity contribution in [1.82, 2.24) is 9.55 Å². The van der Waals surface area contributed by atoms with Gasteiger partial charge in [-0.25, -0.2) is 9.18 Å². The van der Waals surface area contributed by atoms with Gasteiger partial charge in [-0.15, -0.1) is 0 Å². The first-order valence-corrected chi connectivity index (χ1v) is 8.23. The summed E-state index contributed by atoms with van der Waals surface area (Å²) in [5, 5.41) is 0. The molecule has 2 unspecified atom stereocenters. The average Bonchev–Trinajstić information content (AvgIpc) is 2.98. The monoisotopic (exact) mass is 372 g/mol. The third-order valence-electron chi connectivity index (χ3n) is 4.16. The van der Waals surface area contributed by atoms with E-state index < -0.39 is 59.8 Å². The smallest absolute Gasteiger partial charge is 0.330 e. The molecule has 0 radical (unpaired) electrons. The van der Waals surface area contributed by atoms with Crippen LogP contribution in [0, 0.1) is 5.92 Å². The maximum atomic E-state index is 15.5. The van der Waals surface area contributed by atoms with E-state index in [4.69, 9.17) is 18.9 Å². The van der Waals surface area contributed by atoms with Crippen LogP contribution in [0.1, 0.15) is 33.9 Å².